The number of amides is 1. The predicted molar refractivity (Wildman–Crippen MR) is 76.5 cm³/mol. The molecule has 1 aromatic carbocycles. The SMILES string of the molecule is Cc1cc(C(=O)N[C@@H](c2ccccc2)C(F)(F)F)sc1C. The lowest BCUT2D eigenvalue weighted by Gasteiger charge is -2.21. The Balaban J connectivity index is 2.26. The summed E-state index contributed by atoms with van der Waals surface area (Å²) in [5.41, 5.74) is 0.914. The van der Waals surface area contributed by atoms with Crippen LogP contribution in [-0.4, -0.2) is 12.1 Å². The summed E-state index contributed by atoms with van der Waals surface area (Å²) in [6.45, 7) is 3.65. The van der Waals surface area contributed by atoms with E-state index in [0.717, 1.165) is 10.4 Å². The number of thiophene rings is 1. The first-order valence-corrected chi connectivity index (χ1v) is 7.10. The van der Waals surface area contributed by atoms with Gasteiger partial charge in [-0.15, -0.1) is 11.3 Å². The second-order valence-corrected chi connectivity index (χ2v) is 5.96. The highest BCUT2D eigenvalue weighted by Crippen LogP contribution is 2.33. The zero-order chi connectivity index (χ0) is 15.6. The van der Waals surface area contributed by atoms with Gasteiger partial charge in [-0.05, 0) is 31.0 Å². The molecule has 0 radical (unpaired) electrons. The van der Waals surface area contributed by atoms with Crippen LogP contribution >= 0.6 is 11.3 Å². The van der Waals surface area contributed by atoms with Gasteiger partial charge < -0.3 is 5.32 Å². The van der Waals surface area contributed by atoms with Gasteiger partial charge in [-0.25, -0.2) is 0 Å². The molecule has 0 aliphatic heterocycles. The molecule has 0 aliphatic rings. The molecule has 0 aliphatic carbocycles. The summed E-state index contributed by atoms with van der Waals surface area (Å²) >= 11 is 1.19. The van der Waals surface area contributed by atoms with Crippen LogP contribution in [0.25, 0.3) is 0 Å². The summed E-state index contributed by atoms with van der Waals surface area (Å²) in [7, 11) is 0. The summed E-state index contributed by atoms with van der Waals surface area (Å²) in [4.78, 5) is 13.2. The number of nitrogens with one attached hydrogen (secondary N) is 1. The molecule has 1 aromatic heterocycles. The van der Waals surface area contributed by atoms with Gasteiger partial charge in [0.25, 0.3) is 5.91 Å². The molecule has 0 bridgehead atoms. The lowest BCUT2D eigenvalue weighted by Crippen LogP contribution is -2.37. The molecule has 1 N–H and O–H groups in total. The number of carbonyl (C=O) groups excluding carboxylic acids is 1. The zero-order valence-electron chi connectivity index (χ0n) is 11.5. The minimum atomic E-state index is -4.54. The molecule has 0 spiro atoms. The molecule has 21 heavy (non-hydrogen) atoms. The normalized spacial score (nSPS) is 13.0. The molecule has 6 heteroatoms. The third kappa shape index (κ3) is 3.64. The molecule has 2 rings (SSSR count). The van der Waals surface area contributed by atoms with Crippen molar-refractivity contribution in [2.24, 2.45) is 0 Å². The molecule has 112 valence electrons. The first kappa shape index (κ1) is 15.6. The number of benzene rings is 1. The maximum absolute atomic E-state index is 13.2. The Morgan fingerprint density at radius 3 is 2.29 bits per heavy atom. The Morgan fingerprint density at radius 1 is 1.19 bits per heavy atom. The van der Waals surface area contributed by atoms with E-state index in [9.17, 15) is 18.0 Å². The topological polar surface area (TPSA) is 29.1 Å². The van der Waals surface area contributed by atoms with Gasteiger partial charge in [0.1, 0.15) is 0 Å². The maximum atomic E-state index is 13.2. The van der Waals surface area contributed by atoms with E-state index in [1.165, 1.54) is 35.6 Å². The van der Waals surface area contributed by atoms with E-state index in [1.54, 1.807) is 12.1 Å². The van der Waals surface area contributed by atoms with Crippen LogP contribution < -0.4 is 5.32 Å². The Hall–Kier alpha value is -1.82. The smallest absolute Gasteiger partial charge is 0.336 e. The number of hydrogen-bond donors (Lipinski definition) is 1. The van der Waals surface area contributed by atoms with Crippen LogP contribution in [0.1, 0.15) is 31.7 Å². The fraction of sp³-hybridized carbons (Fsp3) is 0.267. The van der Waals surface area contributed by atoms with E-state index < -0.39 is 18.1 Å². The van der Waals surface area contributed by atoms with Crippen molar-refractivity contribution in [2.75, 3.05) is 0 Å². The Kier molecular flexibility index (Phi) is 4.37. The number of carbonyl (C=O) groups is 1. The standard InChI is InChI=1S/C15H14F3NOS/c1-9-8-12(21-10(9)2)14(20)19-13(15(16,17)18)11-6-4-3-5-7-11/h3-8,13H,1-2H3,(H,19,20)/t13-/m0/s1. The summed E-state index contributed by atoms with van der Waals surface area (Å²) in [6, 6.07) is 6.96. The summed E-state index contributed by atoms with van der Waals surface area (Å²) in [5.74, 6) is -0.706. The number of alkyl halides is 3. The van der Waals surface area contributed by atoms with E-state index in [1.807, 2.05) is 13.8 Å². The first-order chi connectivity index (χ1) is 9.79. The van der Waals surface area contributed by atoms with E-state index in [4.69, 9.17) is 0 Å². The van der Waals surface area contributed by atoms with Crippen LogP contribution in [0.3, 0.4) is 0 Å². The Morgan fingerprint density at radius 2 is 1.81 bits per heavy atom. The van der Waals surface area contributed by atoms with Crippen LogP contribution in [0.5, 0.6) is 0 Å². The quantitative estimate of drug-likeness (QED) is 0.894. The highest BCUT2D eigenvalue weighted by Gasteiger charge is 2.42. The Bertz CT molecular complexity index is 615. The molecule has 1 atom stereocenters. The summed E-state index contributed by atoms with van der Waals surface area (Å²) < 4.78 is 39.5. The van der Waals surface area contributed by atoms with Crippen LogP contribution in [-0.2, 0) is 0 Å². The van der Waals surface area contributed by atoms with Crippen molar-refractivity contribution in [1.82, 2.24) is 5.32 Å². The average Bonchev–Trinajstić information content (AvgIpc) is 2.75. The van der Waals surface area contributed by atoms with E-state index in [0.29, 0.717) is 0 Å². The number of hydrogen-bond acceptors (Lipinski definition) is 2. The fourth-order valence-electron chi connectivity index (χ4n) is 1.89. The van der Waals surface area contributed by atoms with Gasteiger partial charge in [0.2, 0.25) is 0 Å². The molecule has 2 nitrogen and oxygen atoms in total. The van der Waals surface area contributed by atoms with Crippen molar-refractivity contribution < 1.29 is 18.0 Å². The van der Waals surface area contributed by atoms with E-state index in [-0.39, 0.29) is 10.4 Å². The Labute approximate surface area is 124 Å². The molecule has 0 saturated heterocycles. The van der Waals surface area contributed by atoms with Gasteiger partial charge >= 0.3 is 6.18 Å². The van der Waals surface area contributed by atoms with Crippen molar-refractivity contribution in [2.45, 2.75) is 26.1 Å². The second kappa shape index (κ2) is 5.89. The third-order valence-corrected chi connectivity index (χ3v) is 4.28. The number of halogens is 3. The van der Waals surface area contributed by atoms with Crippen molar-refractivity contribution in [3.63, 3.8) is 0 Å². The van der Waals surface area contributed by atoms with Crippen molar-refractivity contribution >= 4 is 17.2 Å². The zero-order valence-corrected chi connectivity index (χ0v) is 12.3. The highest BCUT2D eigenvalue weighted by molar-refractivity contribution is 7.14. The van der Waals surface area contributed by atoms with Gasteiger partial charge in [0.05, 0.1) is 4.88 Å². The van der Waals surface area contributed by atoms with E-state index >= 15 is 0 Å². The lowest BCUT2D eigenvalue weighted by atomic mass is 10.1. The van der Waals surface area contributed by atoms with Crippen molar-refractivity contribution in [1.29, 1.82) is 0 Å². The van der Waals surface area contributed by atoms with Gasteiger partial charge in [0, 0.05) is 4.88 Å². The van der Waals surface area contributed by atoms with Gasteiger partial charge in [-0.3, -0.25) is 4.79 Å². The van der Waals surface area contributed by atoms with Crippen LogP contribution in [0.4, 0.5) is 13.2 Å². The van der Waals surface area contributed by atoms with Crippen LogP contribution in [0, 0.1) is 13.8 Å². The molecular formula is C15H14F3NOS. The summed E-state index contributed by atoms with van der Waals surface area (Å²) in [5, 5.41) is 2.08. The predicted octanol–water partition coefficient (Wildman–Crippen LogP) is 4.40. The van der Waals surface area contributed by atoms with Crippen molar-refractivity contribution in [3.05, 3.63) is 57.3 Å². The monoisotopic (exact) mass is 313 g/mol. The average molecular weight is 313 g/mol. The highest BCUT2D eigenvalue weighted by atomic mass is 32.1. The summed E-state index contributed by atoms with van der Waals surface area (Å²) in [6.07, 6.45) is -4.54. The van der Waals surface area contributed by atoms with Gasteiger partial charge in [0.15, 0.2) is 6.04 Å². The minimum absolute atomic E-state index is 0.0170. The molecule has 0 saturated carbocycles. The number of rotatable bonds is 3. The first-order valence-electron chi connectivity index (χ1n) is 6.28. The molecule has 0 fully saturated rings. The third-order valence-electron chi connectivity index (χ3n) is 3.13. The molecule has 0 unspecified atom stereocenters. The maximum Gasteiger partial charge on any atom is 0.412 e. The lowest BCUT2D eigenvalue weighted by molar-refractivity contribution is -0.155. The fourth-order valence-corrected chi connectivity index (χ4v) is 2.82. The molecular weight excluding hydrogens is 299 g/mol. The second-order valence-electron chi connectivity index (χ2n) is 4.71. The number of aryl methyl sites for hydroxylation is 2. The largest absolute Gasteiger partial charge is 0.412 e. The van der Waals surface area contributed by atoms with Gasteiger partial charge in [-0.1, -0.05) is 30.3 Å². The molecule has 2 aromatic rings. The molecule has 1 amide bonds. The van der Waals surface area contributed by atoms with Crippen molar-refractivity contribution in [3.8, 4) is 0 Å². The minimum Gasteiger partial charge on any atom is -0.336 e. The van der Waals surface area contributed by atoms with Crippen LogP contribution in [0.15, 0.2) is 36.4 Å². The van der Waals surface area contributed by atoms with Gasteiger partial charge in [-0.2, -0.15) is 13.2 Å². The van der Waals surface area contributed by atoms with Crippen LogP contribution in [0.2, 0.25) is 0 Å². The van der Waals surface area contributed by atoms with E-state index in [2.05, 4.69) is 5.32 Å². The molecule has 1 heterocycles.